The first-order chi connectivity index (χ1) is 5.70. The summed E-state index contributed by atoms with van der Waals surface area (Å²) < 4.78 is 0. The van der Waals surface area contributed by atoms with Gasteiger partial charge in [-0.15, -0.1) is 11.3 Å². The Morgan fingerprint density at radius 1 is 1.75 bits per heavy atom. The van der Waals surface area contributed by atoms with E-state index in [1.807, 2.05) is 19.2 Å². The molecule has 3 nitrogen and oxygen atoms in total. The molecule has 0 radical (unpaired) electrons. The van der Waals surface area contributed by atoms with E-state index in [1.54, 1.807) is 11.3 Å². The Morgan fingerprint density at radius 2 is 2.42 bits per heavy atom. The average molecular weight is 184 g/mol. The molecule has 12 heavy (non-hydrogen) atoms. The Labute approximate surface area is 75.6 Å². The van der Waals surface area contributed by atoms with Crippen molar-refractivity contribution in [2.75, 3.05) is 0 Å². The van der Waals surface area contributed by atoms with Gasteiger partial charge < -0.3 is 0 Å². The standard InChI is InChI=1S/C8H12N2OS/c1-3-6-5(2)12-4-7(6)8(11)10-9/h4H,3,9H2,1-2H3,(H,10,11). The number of carbonyl (C=O) groups excluding carboxylic acids is 1. The number of nitrogens with two attached hydrogens (primary N) is 1. The SMILES string of the molecule is CCc1c(C(=O)NN)csc1C. The van der Waals surface area contributed by atoms with Gasteiger partial charge in [0, 0.05) is 10.3 Å². The second-order valence-electron chi connectivity index (χ2n) is 2.51. The summed E-state index contributed by atoms with van der Waals surface area (Å²) >= 11 is 1.58. The smallest absolute Gasteiger partial charge is 0.266 e. The summed E-state index contributed by atoms with van der Waals surface area (Å²) in [4.78, 5) is 12.4. The van der Waals surface area contributed by atoms with E-state index in [0.717, 1.165) is 12.0 Å². The van der Waals surface area contributed by atoms with Gasteiger partial charge in [-0.1, -0.05) is 6.92 Å². The van der Waals surface area contributed by atoms with Crippen LogP contribution in [0.3, 0.4) is 0 Å². The molecule has 0 unspecified atom stereocenters. The number of hydrogen-bond donors (Lipinski definition) is 2. The zero-order chi connectivity index (χ0) is 9.14. The van der Waals surface area contributed by atoms with Gasteiger partial charge >= 0.3 is 0 Å². The fourth-order valence-corrected chi connectivity index (χ4v) is 2.13. The third-order valence-corrected chi connectivity index (χ3v) is 2.79. The molecule has 0 spiro atoms. The Hall–Kier alpha value is -0.870. The van der Waals surface area contributed by atoms with Gasteiger partial charge in [-0.05, 0) is 18.9 Å². The van der Waals surface area contributed by atoms with Crippen molar-refractivity contribution in [3.63, 3.8) is 0 Å². The minimum Gasteiger partial charge on any atom is -0.290 e. The van der Waals surface area contributed by atoms with Crippen LogP contribution in [0, 0.1) is 6.92 Å². The van der Waals surface area contributed by atoms with Crippen molar-refractivity contribution in [1.82, 2.24) is 5.43 Å². The molecule has 66 valence electrons. The van der Waals surface area contributed by atoms with Crippen LogP contribution in [0.25, 0.3) is 0 Å². The summed E-state index contributed by atoms with van der Waals surface area (Å²) in [6, 6.07) is 0. The van der Waals surface area contributed by atoms with Gasteiger partial charge in [0.15, 0.2) is 0 Å². The molecule has 0 atom stereocenters. The van der Waals surface area contributed by atoms with Crippen molar-refractivity contribution >= 4 is 17.2 Å². The van der Waals surface area contributed by atoms with Crippen LogP contribution in [0.4, 0.5) is 0 Å². The van der Waals surface area contributed by atoms with Crippen molar-refractivity contribution in [1.29, 1.82) is 0 Å². The Balaban J connectivity index is 3.07. The molecule has 0 aliphatic rings. The highest BCUT2D eigenvalue weighted by molar-refractivity contribution is 7.10. The van der Waals surface area contributed by atoms with Crippen LogP contribution in [-0.4, -0.2) is 5.91 Å². The average Bonchev–Trinajstić information content (AvgIpc) is 2.45. The number of hydrazine groups is 1. The van der Waals surface area contributed by atoms with Crippen LogP contribution in [0.5, 0.6) is 0 Å². The van der Waals surface area contributed by atoms with Crippen LogP contribution in [0.15, 0.2) is 5.38 Å². The van der Waals surface area contributed by atoms with E-state index in [0.29, 0.717) is 5.56 Å². The number of nitrogens with one attached hydrogen (secondary N) is 1. The molecular weight excluding hydrogens is 172 g/mol. The van der Waals surface area contributed by atoms with E-state index in [1.165, 1.54) is 4.88 Å². The van der Waals surface area contributed by atoms with E-state index >= 15 is 0 Å². The molecule has 0 aliphatic carbocycles. The van der Waals surface area contributed by atoms with Gasteiger partial charge in [-0.3, -0.25) is 10.2 Å². The molecule has 0 saturated carbocycles. The first-order valence-corrected chi connectivity index (χ1v) is 4.66. The number of nitrogen functional groups attached to an aromatic ring is 1. The maximum absolute atomic E-state index is 11.2. The predicted molar refractivity (Wildman–Crippen MR) is 50.1 cm³/mol. The Morgan fingerprint density at radius 3 is 2.92 bits per heavy atom. The number of aryl methyl sites for hydroxylation is 1. The summed E-state index contributed by atoms with van der Waals surface area (Å²) in [5.74, 6) is 4.84. The van der Waals surface area contributed by atoms with Gasteiger partial charge in [-0.2, -0.15) is 0 Å². The number of amides is 1. The molecule has 0 fully saturated rings. The van der Waals surface area contributed by atoms with E-state index in [9.17, 15) is 4.79 Å². The molecule has 0 saturated heterocycles. The molecule has 1 aromatic rings. The van der Waals surface area contributed by atoms with Crippen LogP contribution in [0.2, 0.25) is 0 Å². The third kappa shape index (κ3) is 1.49. The number of hydrogen-bond acceptors (Lipinski definition) is 3. The monoisotopic (exact) mass is 184 g/mol. The topological polar surface area (TPSA) is 55.1 Å². The quantitative estimate of drug-likeness (QED) is 0.412. The van der Waals surface area contributed by atoms with Crippen LogP contribution >= 0.6 is 11.3 Å². The maximum Gasteiger partial charge on any atom is 0.266 e. The lowest BCUT2D eigenvalue weighted by Crippen LogP contribution is -2.30. The van der Waals surface area contributed by atoms with Gasteiger partial charge in [-0.25, -0.2) is 5.84 Å². The summed E-state index contributed by atoms with van der Waals surface area (Å²) in [6.45, 7) is 4.04. The van der Waals surface area contributed by atoms with E-state index in [2.05, 4.69) is 5.43 Å². The second kappa shape index (κ2) is 3.69. The van der Waals surface area contributed by atoms with Crippen molar-refractivity contribution in [3.8, 4) is 0 Å². The second-order valence-corrected chi connectivity index (χ2v) is 3.59. The van der Waals surface area contributed by atoms with Gasteiger partial charge in [0.05, 0.1) is 5.56 Å². The summed E-state index contributed by atoms with van der Waals surface area (Å²) in [5, 5.41) is 1.84. The van der Waals surface area contributed by atoms with Gasteiger partial charge in [0.25, 0.3) is 5.91 Å². The Bertz CT molecular complexity index is 293. The fraction of sp³-hybridized carbons (Fsp3) is 0.375. The molecule has 0 aliphatic heterocycles. The predicted octanol–water partition coefficient (Wildman–Crippen LogP) is 1.22. The molecular formula is C8H12N2OS. The normalized spacial score (nSPS) is 9.92. The zero-order valence-electron chi connectivity index (χ0n) is 7.18. The zero-order valence-corrected chi connectivity index (χ0v) is 7.99. The maximum atomic E-state index is 11.2. The molecule has 3 N–H and O–H groups in total. The van der Waals surface area contributed by atoms with Crippen molar-refractivity contribution in [3.05, 3.63) is 21.4 Å². The molecule has 1 heterocycles. The van der Waals surface area contributed by atoms with Crippen LogP contribution in [0.1, 0.15) is 27.7 Å². The first-order valence-electron chi connectivity index (χ1n) is 3.78. The van der Waals surface area contributed by atoms with Gasteiger partial charge in [0.1, 0.15) is 0 Å². The lowest BCUT2D eigenvalue weighted by Gasteiger charge is -2.00. The van der Waals surface area contributed by atoms with Crippen LogP contribution < -0.4 is 11.3 Å². The van der Waals surface area contributed by atoms with Gasteiger partial charge in [0.2, 0.25) is 0 Å². The number of rotatable bonds is 2. The minimum absolute atomic E-state index is 0.198. The third-order valence-electron chi connectivity index (χ3n) is 1.83. The molecule has 1 amide bonds. The van der Waals surface area contributed by atoms with Crippen molar-refractivity contribution in [2.24, 2.45) is 5.84 Å². The molecule has 0 bridgehead atoms. The molecule has 1 rings (SSSR count). The molecule has 1 aromatic heterocycles. The highest BCUT2D eigenvalue weighted by Crippen LogP contribution is 2.21. The summed E-state index contributed by atoms with van der Waals surface area (Å²) in [7, 11) is 0. The first kappa shape index (κ1) is 9.22. The van der Waals surface area contributed by atoms with Crippen molar-refractivity contribution < 1.29 is 4.79 Å². The van der Waals surface area contributed by atoms with Crippen molar-refractivity contribution in [2.45, 2.75) is 20.3 Å². The summed E-state index contributed by atoms with van der Waals surface area (Å²) in [5.41, 5.74) is 3.95. The van der Waals surface area contributed by atoms with Crippen LogP contribution in [-0.2, 0) is 6.42 Å². The lowest BCUT2D eigenvalue weighted by molar-refractivity contribution is 0.0953. The highest BCUT2D eigenvalue weighted by Gasteiger charge is 2.12. The Kier molecular flexibility index (Phi) is 2.83. The summed E-state index contributed by atoms with van der Waals surface area (Å²) in [6.07, 6.45) is 0.873. The van der Waals surface area contributed by atoms with E-state index in [-0.39, 0.29) is 5.91 Å². The highest BCUT2D eigenvalue weighted by atomic mass is 32.1. The molecule has 0 aromatic carbocycles. The number of carbonyl (C=O) groups is 1. The number of thiophene rings is 1. The fourth-order valence-electron chi connectivity index (χ4n) is 1.19. The lowest BCUT2D eigenvalue weighted by atomic mass is 10.1. The van der Waals surface area contributed by atoms with E-state index in [4.69, 9.17) is 5.84 Å². The minimum atomic E-state index is -0.198. The van der Waals surface area contributed by atoms with E-state index < -0.39 is 0 Å². The molecule has 4 heteroatoms. The largest absolute Gasteiger partial charge is 0.290 e.